The van der Waals surface area contributed by atoms with Crippen molar-refractivity contribution < 1.29 is 5.11 Å². The van der Waals surface area contributed by atoms with Crippen LogP contribution in [-0.4, -0.2) is 11.2 Å². The van der Waals surface area contributed by atoms with Crippen LogP contribution >= 0.6 is 0 Å². The first-order valence-electron chi connectivity index (χ1n) is 4.73. The highest BCUT2D eigenvalue weighted by Gasteiger charge is 2.25. The lowest BCUT2D eigenvalue weighted by Crippen LogP contribution is -2.22. The highest BCUT2D eigenvalue weighted by molar-refractivity contribution is 5.13. The fraction of sp³-hybridized carbons (Fsp3) is 0.800. The van der Waals surface area contributed by atoms with E-state index in [2.05, 4.69) is 6.08 Å². The first-order chi connectivity index (χ1) is 5.36. The van der Waals surface area contributed by atoms with Gasteiger partial charge in [0.2, 0.25) is 0 Å². The highest BCUT2D eigenvalue weighted by Crippen LogP contribution is 2.36. The van der Waals surface area contributed by atoms with Crippen LogP contribution in [0.25, 0.3) is 0 Å². The molecule has 0 amide bonds. The van der Waals surface area contributed by atoms with Gasteiger partial charge in [0.1, 0.15) is 0 Å². The summed E-state index contributed by atoms with van der Waals surface area (Å²) in [7, 11) is 0. The second-order valence-corrected chi connectivity index (χ2v) is 3.84. The number of aliphatic hydroxyl groups excluding tert-OH is 1. The van der Waals surface area contributed by atoms with E-state index in [1.165, 1.54) is 25.7 Å². The van der Waals surface area contributed by atoms with Crippen LogP contribution in [-0.2, 0) is 0 Å². The lowest BCUT2D eigenvalue weighted by molar-refractivity contribution is 0.132. The maximum Gasteiger partial charge on any atom is 0.0577 e. The third-order valence-electron chi connectivity index (χ3n) is 3.01. The summed E-state index contributed by atoms with van der Waals surface area (Å²) in [6.07, 6.45) is 9.54. The number of hydrogen-bond donors (Lipinski definition) is 1. The van der Waals surface area contributed by atoms with Crippen LogP contribution in [0.2, 0.25) is 0 Å². The van der Waals surface area contributed by atoms with E-state index in [1.807, 2.05) is 0 Å². The van der Waals surface area contributed by atoms with Crippen molar-refractivity contribution in [2.75, 3.05) is 0 Å². The molecule has 11 heavy (non-hydrogen) atoms. The molecule has 0 aromatic heterocycles. The van der Waals surface area contributed by atoms with Gasteiger partial charge < -0.3 is 5.11 Å². The molecule has 0 heterocycles. The molecule has 0 saturated heterocycles. The van der Waals surface area contributed by atoms with Gasteiger partial charge in [-0.15, -0.1) is 0 Å². The van der Waals surface area contributed by atoms with Crippen LogP contribution in [0.4, 0.5) is 0 Å². The zero-order valence-corrected chi connectivity index (χ0v) is 6.92. The van der Waals surface area contributed by atoms with Crippen molar-refractivity contribution in [3.8, 4) is 0 Å². The maximum absolute atomic E-state index is 9.41. The van der Waals surface area contributed by atoms with Crippen LogP contribution in [0.5, 0.6) is 0 Å². The van der Waals surface area contributed by atoms with E-state index >= 15 is 0 Å². The number of aliphatic hydroxyl groups is 1. The third kappa shape index (κ3) is 1.48. The fourth-order valence-corrected chi connectivity index (χ4v) is 2.35. The number of allylic oxidation sites excluding steroid dienone is 1. The Morgan fingerprint density at radius 1 is 1.27 bits per heavy atom. The van der Waals surface area contributed by atoms with Gasteiger partial charge in [0, 0.05) is 0 Å². The summed E-state index contributed by atoms with van der Waals surface area (Å²) in [5.41, 5.74) is 1.55. The molecule has 0 aromatic rings. The minimum absolute atomic E-state index is 0.0319. The number of rotatable bonds is 0. The number of hydrogen-bond acceptors (Lipinski definition) is 1. The second-order valence-electron chi connectivity index (χ2n) is 3.84. The Hall–Kier alpha value is -0.300. The fourth-order valence-electron chi connectivity index (χ4n) is 2.35. The van der Waals surface area contributed by atoms with E-state index < -0.39 is 0 Å². The number of fused-ring (bicyclic) bond motifs is 1. The molecule has 0 radical (unpaired) electrons. The molecule has 2 rings (SSSR count). The summed E-state index contributed by atoms with van der Waals surface area (Å²) < 4.78 is 0. The molecular weight excluding hydrogens is 136 g/mol. The van der Waals surface area contributed by atoms with Crippen LogP contribution in [0.1, 0.15) is 38.5 Å². The van der Waals surface area contributed by atoms with E-state index in [1.54, 1.807) is 5.57 Å². The van der Waals surface area contributed by atoms with Crippen molar-refractivity contribution in [3.63, 3.8) is 0 Å². The largest absolute Gasteiger partial charge is 0.393 e. The van der Waals surface area contributed by atoms with Gasteiger partial charge in [0.15, 0.2) is 0 Å². The van der Waals surface area contributed by atoms with Crippen molar-refractivity contribution in [2.24, 2.45) is 5.92 Å². The average Bonchev–Trinajstić information content (AvgIpc) is 2.04. The monoisotopic (exact) mass is 152 g/mol. The van der Waals surface area contributed by atoms with Gasteiger partial charge in [0.25, 0.3) is 0 Å². The predicted octanol–water partition coefficient (Wildman–Crippen LogP) is 2.26. The first-order valence-corrected chi connectivity index (χ1v) is 4.73. The highest BCUT2D eigenvalue weighted by atomic mass is 16.3. The molecule has 0 aliphatic heterocycles. The smallest absolute Gasteiger partial charge is 0.0577 e. The van der Waals surface area contributed by atoms with Gasteiger partial charge in [-0.2, -0.15) is 0 Å². The molecule has 62 valence electrons. The Morgan fingerprint density at radius 3 is 3.09 bits per heavy atom. The second kappa shape index (κ2) is 2.98. The van der Waals surface area contributed by atoms with Crippen molar-refractivity contribution in [1.29, 1.82) is 0 Å². The first kappa shape index (κ1) is 7.35. The van der Waals surface area contributed by atoms with Crippen LogP contribution in [0.15, 0.2) is 11.6 Å². The summed E-state index contributed by atoms with van der Waals surface area (Å²) in [4.78, 5) is 0. The van der Waals surface area contributed by atoms with Gasteiger partial charge in [-0.3, -0.25) is 0 Å². The van der Waals surface area contributed by atoms with Crippen molar-refractivity contribution >= 4 is 0 Å². The quantitative estimate of drug-likeness (QED) is 0.528. The standard InChI is InChI=1S/C10H16O/c11-10-6-5-8-3-1-2-4-9(8)7-10/h4,8,10-11H,1-3,5-7H2/t8-,10+/m1/s1. The predicted molar refractivity (Wildman–Crippen MR) is 45.3 cm³/mol. The molecule has 1 N–H and O–H groups in total. The molecule has 1 nitrogen and oxygen atoms in total. The van der Waals surface area contributed by atoms with Crippen molar-refractivity contribution in [2.45, 2.75) is 44.6 Å². The van der Waals surface area contributed by atoms with Crippen LogP contribution in [0, 0.1) is 5.92 Å². The van der Waals surface area contributed by atoms with Gasteiger partial charge >= 0.3 is 0 Å². The van der Waals surface area contributed by atoms with Crippen LogP contribution in [0.3, 0.4) is 0 Å². The minimum Gasteiger partial charge on any atom is -0.393 e. The van der Waals surface area contributed by atoms with Gasteiger partial charge in [-0.05, 0) is 44.4 Å². The summed E-state index contributed by atoms with van der Waals surface area (Å²) >= 11 is 0. The molecule has 0 unspecified atom stereocenters. The van der Waals surface area contributed by atoms with Crippen molar-refractivity contribution in [1.82, 2.24) is 0 Å². The van der Waals surface area contributed by atoms with Crippen LogP contribution < -0.4 is 0 Å². The molecule has 1 heteroatoms. The third-order valence-corrected chi connectivity index (χ3v) is 3.01. The summed E-state index contributed by atoms with van der Waals surface area (Å²) in [5, 5.41) is 9.41. The molecule has 2 aliphatic rings. The van der Waals surface area contributed by atoms with Crippen molar-refractivity contribution in [3.05, 3.63) is 11.6 Å². The Bertz CT molecular complexity index is 172. The Morgan fingerprint density at radius 2 is 2.18 bits per heavy atom. The summed E-state index contributed by atoms with van der Waals surface area (Å²) in [5.74, 6) is 0.840. The molecular formula is C10H16O. The van der Waals surface area contributed by atoms with E-state index in [0.29, 0.717) is 0 Å². The Balaban J connectivity index is 2.07. The zero-order valence-electron chi connectivity index (χ0n) is 6.92. The molecule has 0 spiro atoms. The summed E-state index contributed by atoms with van der Waals surface area (Å²) in [6, 6.07) is 0. The lowest BCUT2D eigenvalue weighted by Gasteiger charge is -2.31. The molecule has 0 bridgehead atoms. The minimum atomic E-state index is -0.0319. The molecule has 1 saturated carbocycles. The average molecular weight is 152 g/mol. The van der Waals surface area contributed by atoms with E-state index in [0.717, 1.165) is 18.8 Å². The van der Waals surface area contributed by atoms with E-state index in [-0.39, 0.29) is 6.10 Å². The maximum atomic E-state index is 9.41. The Labute approximate surface area is 68.1 Å². The van der Waals surface area contributed by atoms with Gasteiger partial charge in [-0.25, -0.2) is 0 Å². The zero-order chi connectivity index (χ0) is 7.68. The molecule has 1 fully saturated rings. The van der Waals surface area contributed by atoms with Gasteiger partial charge in [0.05, 0.1) is 6.10 Å². The Kier molecular flexibility index (Phi) is 1.99. The lowest BCUT2D eigenvalue weighted by atomic mass is 9.77. The molecule has 2 aliphatic carbocycles. The molecule has 0 aromatic carbocycles. The topological polar surface area (TPSA) is 20.2 Å². The SMILES string of the molecule is O[C@H]1CC[C@H]2CCCC=C2C1. The normalized spacial score (nSPS) is 37.7. The van der Waals surface area contributed by atoms with E-state index in [4.69, 9.17) is 0 Å². The van der Waals surface area contributed by atoms with E-state index in [9.17, 15) is 5.11 Å². The van der Waals surface area contributed by atoms with Gasteiger partial charge in [-0.1, -0.05) is 11.6 Å². The molecule has 2 atom stereocenters. The summed E-state index contributed by atoms with van der Waals surface area (Å²) in [6.45, 7) is 0.